The third kappa shape index (κ3) is 6.07. The Bertz CT molecular complexity index is 1010. The Morgan fingerprint density at radius 1 is 1.17 bits per heavy atom. The van der Waals surface area contributed by atoms with Crippen LogP contribution in [0, 0.1) is 0 Å². The van der Waals surface area contributed by atoms with Gasteiger partial charge in [0.2, 0.25) is 17.7 Å². The van der Waals surface area contributed by atoms with E-state index in [0.717, 1.165) is 22.9 Å². The first-order valence-electron chi connectivity index (χ1n) is 8.73. The first-order chi connectivity index (χ1) is 13.9. The molecule has 2 aromatic carbocycles. The van der Waals surface area contributed by atoms with Crippen molar-refractivity contribution >= 4 is 40.9 Å². The van der Waals surface area contributed by atoms with E-state index >= 15 is 0 Å². The van der Waals surface area contributed by atoms with Crippen LogP contribution in [-0.4, -0.2) is 39.7 Å². The van der Waals surface area contributed by atoms with Crippen molar-refractivity contribution in [3.05, 3.63) is 59.1 Å². The predicted molar refractivity (Wildman–Crippen MR) is 113 cm³/mol. The third-order valence-electron chi connectivity index (χ3n) is 3.99. The van der Waals surface area contributed by atoms with Crippen LogP contribution in [0.3, 0.4) is 0 Å². The molecule has 0 fully saturated rings. The number of hydrogen-bond donors (Lipinski definition) is 1. The molecule has 0 saturated heterocycles. The number of anilines is 1. The highest BCUT2D eigenvalue weighted by molar-refractivity contribution is 7.99. The van der Waals surface area contributed by atoms with E-state index in [0.29, 0.717) is 28.4 Å². The Hall–Kier alpha value is -2.84. The number of carbonyl (C=O) groups is 2. The number of rotatable bonds is 7. The molecule has 29 heavy (non-hydrogen) atoms. The van der Waals surface area contributed by atoms with E-state index in [1.807, 2.05) is 18.2 Å². The summed E-state index contributed by atoms with van der Waals surface area (Å²) in [4.78, 5) is 25.2. The molecule has 0 saturated carbocycles. The van der Waals surface area contributed by atoms with Crippen molar-refractivity contribution in [3.8, 4) is 11.5 Å². The molecule has 0 aliphatic rings. The maximum Gasteiger partial charge on any atom is 0.277 e. The average molecular weight is 431 g/mol. The summed E-state index contributed by atoms with van der Waals surface area (Å²) >= 11 is 7.03. The third-order valence-corrected chi connectivity index (χ3v) is 5.06. The Balaban J connectivity index is 1.54. The molecule has 0 bridgehead atoms. The first kappa shape index (κ1) is 20.9. The van der Waals surface area contributed by atoms with Crippen LogP contribution in [0.4, 0.5) is 5.69 Å². The number of hydrogen-bond acceptors (Lipinski definition) is 6. The Morgan fingerprint density at radius 3 is 2.66 bits per heavy atom. The Labute approximate surface area is 177 Å². The highest BCUT2D eigenvalue weighted by Crippen LogP contribution is 2.24. The van der Waals surface area contributed by atoms with Gasteiger partial charge < -0.3 is 14.6 Å². The zero-order chi connectivity index (χ0) is 20.8. The van der Waals surface area contributed by atoms with Crippen LogP contribution < -0.4 is 5.32 Å². The fraction of sp³-hybridized carbons (Fsp3) is 0.200. The molecule has 2 amide bonds. The lowest BCUT2D eigenvalue weighted by molar-refractivity contribution is -0.128. The van der Waals surface area contributed by atoms with Gasteiger partial charge in [0, 0.05) is 36.8 Å². The lowest BCUT2D eigenvalue weighted by atomic mass is 10.2. The van der Waals surface area contributed by atoms with E-state index in [4.69, 9.17) is 16.0 Å². The number of carbonyl (C=O) groups excluding carboxylic acids is 2. The smallest absolute Gasteiger partial charge is 0.277 e. The summed E-state index contributed by atoms with van der Waals surface area (Å²) in [6.07, 6.45) is 0. The fourth-order valence-electron chi connectivity index (χ4n) is 2.43. The number of nitrogens with zero attached hydrogens (tertiary/aromatic N) is 3. The standard InChI is InChI=1S/C20H19ClN4O3S/c1-13(26)25(2)11-14-4-3-5-17(10-14)22-18(27)12-29-20-24-23-19(28-20)15-6-8-16(21)9-7-15/h3-10H,11-12H2,1-2H3,(H,22,27). The number of aromatic nitrogens is 2. The van der Waals surface area contributed by atoms with Crippen molar-refractivity contribution in [3.63, 3.8) is 0 Å². The van der Waals surface area contributed by atoms with Gasteiger partial charge in [-0.25, -0.2) is 0 Å². The molecule has 1 heterocycles. The molecule has 0 spiro atoms. The van der Waals surface area contributed by atoms with Crippen LogP contribution in [-0.2, 0) is 16.1 Å². The van der Waals surface area contributed by atoms with Crippen LogP contribution in [0.1, 0.15) is 12.5 Å². The minimum Gasteiger partial charge on any atom is -0.411 e. The van der Waals surface area contributed by atoms with Gasteiger partial charge in [-0.15, -0.1) is 10.2 Å². The maximum absolute atomic E-state index is 12.2. The molecule has 7 nitrogen and oxygen atoms in total. The molecule has 1 N–H and O–H groups in total. The number of halogens is 1. The quantitative estimate of drug-likeness (QED) is 0.568. The topological polar surface area (TPSA) is 88.3 Å². The molecule has 1 aromatic heterocycles. The molecule has 150 valence electrons. The second-order valence-corrected chi connectivity index (χ2v) is 7.66. The van der Waals surface area contributed by atoms with Gasteiger partial charge in [0.1, 0.15) is 0 Å². The molecule has 0 atom stereocenters. The normalized spacial score (nSPS) is 10.6. The molecule has 3 rings (SSSR count). The van der Waals surface area contributed by atoms with Gasteiger partial charge in [-0.3, -0.25) is 9.59 Å². The SMILES string of the molecule is CC(=O)N(C)Cc1cccc(NC(=O)CSc2nnc(-c3ccc(Cl)cc3)o2)c1. The van der Waals surface area contributed by atoms with Crippen LogP contribution in [0.5, 0.6) is 0 Å². The van der Waals surface area contributed by atoms with Crippen LogP contribution >= 0.6 is 23.4 Å². The van der Waals surface area contributed by atoms with E-state index in [9.17, 15) is 9.59 Å². The summed E-state index contributed by atoms with van der Waals surface area (Å²) < 4.78 is 5.58. The van der Waals surface area contributed by atoms with Gasteiger partial charge in [0.15, 0.2) is 0 Å². The number of amides is 2. The summed E-state index contributed by atoms with van der Waals surface area (Å²) in [5.74, 6) is 0.276. The molecule has 0 radical (unpaired) electrons. The number of nitrogens with one attached hydrogen (secondary N) is 1. The summed E-state index contributed by atoms with van der Waals surface area (Å²) in [5.41, 5.74) is 2.35. The van der Waals surface area contributed by atoms with E-state index < -0.39 is 0 Å². The molecular weight excluding hydrogens is 412 g/mol. The molecular formula is C20H19ClN4O3S. The van der Waals surface area contributed by atoms with Gasteiger partial charge >= 0.3 is 0 Å². The second-order valence-electron chi connectivity index (χ2n) is 6.29. The van der Waals surface area contributed by atoms with Gasteiger partial charge in [-0.1, -0.05) is 35.5 Å². The van der Waals surface area contributed by atoms with E-state index in [-0.39, 0.29) is 17.6 Å². The lowest BCUT2D eigenvalue weighted by Crippen LogP contribution is -2.23. The lowest BCUT2D eigenvalue weighted by Gasteiger charge is -2.15. The molecule has 9 heteroatoms. The van der Waals surface area contributed by atoms with Gasteiger partial charge in [-0.2, -0.15) is 0 Å². The molecule has 0 aliphatic carbocycles. The van der Waals surface area contributed by atoms with E-state index in [1.54, 1.807) is 42.3 Å². The summed E-state index contributed by atoms with van der Waals surface area (Å²) in [5, 5.41) is 11.7. The van der Waals surface area contributed by atoms with Gasteiger partial charge in [0.25, 0.3) is 5.22 Å². The van der Waals surface area contributed by atoms with Gasteiger partial charge in [0.05, 0.1) is 5.75 Å². The zero-order valence-corrected chi connectivity index (χ0v) is 17.5. The maximum atomic E-state index is 12.2. The predicted octanol–water partition coefficient (Wildman–Crippen LogP) is 4.10. The zero-order valence-electron chi connectivity index (χ0n) is 15.9. The molecule has 3 aromatic rings. The average Bonchev–Trinajstić information content (AvgIpc) is 3.16. The van der Waals surface area contributed by atoms with Gasteiger partial charge in [-0.05, 0) is 42.0 Å². The van der Waals surface area contributed by atoms with Crippen LogP contribution in [0.2, 0.25) is 5.02 Å². The minimum atomic E-state index is -0.196. The van der Waals surface area contributed by atoms with Crippen molar-refractivity contribution in [1.82, 2.24) is 15.1 Å². The van der Waals surface area contributed by atoms with Crippen LogP contribution in [0.25, 0.3) is 11.5 Å². The Kier molecular flexibility index (Phi) is 6.90. The van der Waals surface area contributed by atoms with E-state index in [2.05, 4.69) is 15.5 Å². The highest BCUT2D eigenvalue weighted by atomic mass is 35.5. The first-order valence-corrected chi connectivity index (χ1v) is 10.1. The van der Waals surface area contributed by atoms with Crippen molar-refractivity contribution in [2.75, 3.05) is 18.1 Å². The summed E-state index contributed by atoms with van der Waals surface area (Å²) in [6.45, 7) is 1.99. The van der Waals surface area contributed by atoms with Crippen LogP contribution in [0.15, 0.2) is 58.2 Å². The Morgan fingerprint density at radius 2 is 1.93 bits per heavy atom. The highest BCUT2D eigenvalue weighted by Gasteiger charge is 2.12. The van der Waals surface area contributed by atoms with E-state index in [1.165, 1.54) is 6.92 Å². The molecule has 0 unspecified atom stereocenters. The largest absolute Gasteiger partial charge is 0.411 e. The number of thioether (sulfide) groups is 1. The van der Waals surface area contributed by atoms with Crippen molar-refractivity contribution < 1.29 is 14.0 Å². The van der Waals surface area contributed by atoms with Crippen molar-refractivity contribution in [1.29, 1.82) is 0 Å². The van der Waals surface area contributed by atoms with Crippen molar-refractivity contribution in [2.24, 2.45) is 0 Å². The second kappa shape index (κ2) is 9.58. The fourth-order valence-corrected chi connectivity index (χ4v) is 3.12. The summed E-state index contributed by atoms with van der Waals surface area (Å²) in [7, 11) is 1.73. The minimum absolute atomic E-state index is 0.0200. The monoisotopic (exact) mass is 430 g/mol. The number of benzene rings is 2. The molecule has 0 aliphatic heterocycles. The summed E-state index contributed by atoms with van der Waals surface area (Å²) in [6, 6.07) is 14.4. The van der Waals surface area contributed by atoms with Crippen molar-refractivity contribution in [2.45, 2.75) is 18.7 Å².